The third-order valence-corrected chi connectivity index (χ3v) is 3.97. The van der Waals surface area contributed by atoms with Gasteiger partial charge in [-0.15, -0.1) is 0 Å². The zero-order valence-corrected chi connectivity index (χ0v) is 11.7. The zero-order chi connectivity index (χ0) is 12.0. The van der Waals surface area contributed by atoms with Crippen molar-refractivity contribution in [2.24, 2.45) is 0 Å². The minimum absolute atomic E-state index is 0.256. The third kappa shape index (κ3) is 4.85. The maximum Gasteiger partial charge on any atom is 0.123 e. The monoisotopic (exact) mass is 306 g/mol. The highest BCUT2D eigenvalue weighted by Gasteiger charge is 2.09. The largest absolute Gasteiger partial charge is 0.393 e. The van der Waals surface area contributed by atoms with Crippen LogP contribution in [-0.4, -0.2) is 22.7 Å². The normalized spacial score (nSPS) is 12.8. The summed E-state index contributed by atoms with van der Waals surface area (Å²) in [6.07, 6.45) is 0.863. The molecule has 0 bridgehead atoms. The van der Waals surface area contributed by atoms with E-state index in [2.05, 4.69) is 22.9 Å². The van der Waals surface area contributed by atoms with E-state index in [1.165, 1.54) is 12.1 Å². The number of aliphatic hydroxyl groups is 1. The van der Waals surface area contributed by atoms with Crippen LogP contribution >= 0.6 is 27.7 Å². The first-order chi connectivity index (χ1) is 7.63. The molecule has 0 aliphatic rings. The molecular formula is C12H16BrFOS. The van der Waals surface area contributed by atoms with Gasteiger partial charge in [0.05, 0.1) is 6.10 Å². The smallest absolute Gasteiger partial charge is 0.123 e. The molecule has 0 heterocycles. The SMILES string of the molecule is CCSCCC(O)Cc1cc(F)ccc1Br. The molecule has 1 aromatic carbocycles. The Labute approximate surface area is 109 Å². The molecule has 16 heavy (non-hydrogen) atoms. The Balaban J connectivity index is 2.48. The standard InChI is InChI=1S/C12H16BrFOS/c1-2-16-6-5-11(15)8-9-7-10(14)3-4-12(9)13/h3-4,7,11,15H,2,5-6,8H2,1H3. The molecule has 0 amide bonds. The summed E-state index contributed by atoms with van der Waals surface area (Å²) in [6.45, 7) is 2.10. The average molecular weight is 307 g/mol. The average Bonchev–Trinajstić information content (AvgIpc) is 2.24. The molecule has 90 valence electrons. The molecule has 1 unspecified atom stereocenters. The molecule has 1 nitrogen and oxygen atoms in total. The van der Waals surface area contributed by atoms with Crippen LogP contribution in [0.1, 0.15) is 18.9 Å². The summed E-state index contributed by atoms with van der Waals surface area (Å²) in [5.74, 6) is 1.76. The van der Waals surface area contributed by atoms with Crippen LogP contribution in [0.2, 0.25) is 0 Å². The molecule has 1 rings (SSSR count). The molecule has 0 aromatic heterocycles. The van der Waals surface area contributed by atoms with Crippen LogP contribution in [0, 0.1) is 5.82 Å². The summed E-state index contributed by atoms with van der Waals surface area (Å²) in [5, 5.41) is 9.79. The molecular weight excluding hydrogens is 291 g/mol. The van der Waals surface area contributed by atoms with Crippen LogP contribution in [0.3, 0.4) is 0 Å². The number of hydrogen-bond donors (Lipinski definition) is 1. The van der Waals surface area contributed by atoms with Crippen molar-refractivity contribution in [3.8, 4) is 0 Å². The first-order valence-electron chi connectivity index (χ1n) is 5.33. The number of hydrogen-bond acceptors (Lipinski definition) is 2. The fourth-order valence-corrected chi connectivity index (χ4v) is 2.56. The lowest BCUT2D eigenvalue weighted by atomic mass is 10.1. The second-order valence-electron chi connectivity index (χ2n) is 3.58. The van der Waals surface area contributed by atoms with E-state index < -0.39 is 6.10 Å². The van der Waals surface area contributed by atoms with E-state index in [0.29, 0.717) is 6.42 Å². The molecule has 0 aliphatic carbocycles. The van der Waals surface area contributed by atoms with E-state index in [0.717, 1.165) is 28.0 Å². The summed E-state index contributed by atoms with van der Waals surface area (Å²) >= 11 is 5.17. The van der Waals surface area contributed by atoms with Crippen molar-refractivity contribution in [1.29, 1.82) is 0 Å². The molecule has 1 aromatic rings. The van der Waals surface area contributed by atoms with Gasteiger partial charge in [-0.05, 0) is 48.1 Å². The molecule has 0 aliphatic heterocycles. The van der Waals surface area contributed by atoms with Gasteiger partial charge in [0.2, 0.25) is 0 Å². The van der Waals surface area contributed by atoms with Crippen molar-refractivity contribution < 1.29 is 9.50 Å². The molecule has 1 atom stereocenters. The highest BCUT2D eigenvalue weighted by atomic mass is 79.9. The van der Waals surface area contributed by atoms with Gasteiger partial charge < -0.3 is 5.11 Å². The van der Waals surface area contributed by atoms with Gasteiger partial charge >= 0.3 is 0 Å². The van der Waals surface area contributed by atoms with Crippen LogP contribution in [0.25, 0.3) is 0 Å². The fourth-order valence-electron chi connectivity index (χ4n) is 1.42. The van der Waals surface area contributed by atoms with Crippen LogP contribution in [0.4, 0.5) is 4.39 Å². The Morgan fingerprint density at radius 2 is 2.25 bits per heavy atom. The highest BCUT2D eigenvalue weighted by Crippen LogP contribution is 2.20. The van der Waals surface area contributed by atoms with Gasteiger partial charge in [-0.3, -0.25) is 0 Å². The van der Waals surface area contributed by atoms with E-state index in [-0.39, 0.29) is 5.82 Å². The van der Waals surface area contributed by atoms with Crippen molar-refractivity contribution in [3.05, 3.63) is 34.1 Å². The van der Waals surface area contributed by atoms with E-state index >= 15 is 0 Å². The van der Waals surface area contributed by atoms with Crippen LogP contribution < -0.4 is 0 Å². The minimum Gasteiger partial charge on any atom is -0.393 e. The number of aliphatic hydroxyl groups excluding tert-OH is 1. The van der Waals surface area contributed by atoms with Crippen molar-refractivity contribution >= 4 is 27.7 Å². The number of rotatable bonds is 6. The lowest BCUT2D eigenvalue weighted by Crippen LogP contribution is -2.12. The van der Waals surface area contributed by atoms with E-state index in [9.17, 15) is 9.50 Å². The maximum atomic E-state index is 13.0. The quantitative estimate of drug-likeness (QED) is 0.810. The van der Waals surface area contributed by atoms with Gasteiger partial charge in [0, 0.05) is 4.47 Å². The number of benzene rings is 1. The summed E-state index contributed by atoms with van der Waals surface area (Å²) in [6, 6.07) is 4.56. The molecule has 4 heteroatoms. The zero-order valence-electron chi connectivity index (χ0n) is 9.25. The van der Waals surface area contributed by atoms with Gasteiger partial charge in [0.25, 0.3) is 0 Å². The summed E-state index contributed by atoms with van der Waals surface area (Å²) in [5.41, 5.74) is 0.828. The first-order valence-corrected chi connectivity index (χ1v) is 7.28. The van der Waals surface area contributed by atoms with E-state index in [1.54, 1.807) is 6.07 Å². The number of halogens is 2. The van der Waals surface area contributed by atoms with Gasteiger partial charge in [0.15, 0.2) is 0 Å². The summed E-state index contributed by atoms with van der Waals surface area (Å²) in [7, 11) is 0. The van der Waals surface area contributed by atoms with Crippen molar-refractivity contribution in [2.75, 3.05) is 11.5 Å². The van der Waals surface area contributed by atoms with Gasteiger partial charge in [-0.2, -0.15) is 11.8 Å². The second-order valence-corrected chi connectivity index (χ2v) is 5.83. The predicted molar refractivity (Wildman–Crippen MR) is 71.4 cm³/mol. The topological polar surface area (TPSA) is 20.2 Å². The second kappa shape index (κ2) is 7.30. The Morgan fingerprint density at radius 1 is 1.50 bits per heavy atom. The number of thioether (sulfide) groups is 1. The predicted octanol–water partition coefficient (Wildman–Crippen LogP) is 3.63. The lowest BCUT2D eigenvalue weighted by Gasteiger charge is -2.11. The minimum atomic E-state index is -0.392. The Morgan fingerprint density at radius 3 is 2.94 bits per heavy atom. The van der Waals surface area contributed by atoms with Crippen LogP contribution in [-0.2, 0) is 6.42 Å². The molecule has 0 radical (unpaired) electrons. The van der Waals surface area contributed by atoms with Crippen molar-refractivity contribution in [3.63, 3.8) is 0 Å². The molecule has 0 saturated heterocycles. The third-order valence-electron chi connectivity index (χ3n) is 2.26. The Hall–Kier alpha value is -0.0600. The first kappa shape index (κ1) is 14.0. The molecule has 0 saturated carbocycles. The maximum absolute atomic E-state index is 13.0. The van der Waals surface area contributed by atoms with Crippen molar-refractivity contribution in [1.82, 2.24) is 0 Å². The van der Waals surface area contributed by atoms with Gasteiger partial charge in [-0.25, -0.2) is 4.39 Å². The fraction of sp³-hybridized carbons (Fsp3) is 0.500. The Bertz CT molecular complexity index is 333. The molecule has 0 spiro atoms. The van der Waals surface area contributed by atoms with Crippen LogP contribution in [0.5, 0.6) is 0 Å². The highest BCUT2D eigenvalue weighted by molar-refractivity contribution is 9.10. The Kier molecular flexibility index (Phi) is 6.39. The van der Waals surface area contributed by atoms with Gasteiger partial charge in [0.1, 0.15) is 5.82 Å². The van der Waals surface area contributed by atoms with E-state index in [4.69, 9.17) is 0 Å². The summed E-state index contributed by atoms with van der Waals surface area (Å²) < 4.78 is 13.9. The molecule has 1 N–H and O–H groups in total. The van der Waals surface area contributed by atoms with Crippen LogP contribution in [0.15, 0.2) is 22.7 Å². The van der Waals surface area contributed by atoms with Gasteiger partial charge in [-0.1, -0.05) is 22.9 Å². The van der Waals surface area contributed by atoms with E-state index in [1.807, 2.05) is 11.8 Å². The summed E-state index contributed by atoms with van der Waals surface area (Å²) in [4.78, 5) is 0. The van der Waals surface area contributed by atoms with Crippen molar-refractivity contribution in [2.45, 2.75) is 25.9 Å². The lowest BCUT2D eigenvalue weighted by molar-refractivity contribution is 0.172. The molecule has 0 fully saturated rings.